The van der Waals surface area contributed by atoms with Crippen molar-refractivity contribution in [3.63, 3.8) is 0 Å². The van der Waals surface area contributed by atoms with Crippen molar-refractivity contribution >= 4 is 11.8 Å². The summed E-state index contributed by atoms with van der Waals surface area (Å²) in [5.41, 5.74) is 1.75. The number of alkyl halides is 4. The molecule has 0 bridgehead atoms. The van der Waals surface area contributed by atoms with Crippen LogP contribution in [0.25, 0.3) is 0 Å². The van der Waals surface area contributed by atoms with Gasteiger partial charge < -0.3 is 20.1 Å². The van der Waals surface area contributed by atoms with Crippen molar-refractivity contribution in [2.75, 3.05) is 19.8 Å². The molecule has 32 heavy (non-hydrogen) atoms. The van der Waals surface area contributed by atoms with E-state index < -0.39 is 24.9 Å². The highest BCUT2D eigenvalue weighted by Gasteiger charge is 2.42. The van der Waals surface area contributed by atoms with Crippen LogP contribution in [-0.4, -0.2) is 63.9 Å². The van der Waals surface area contributed by atoms with Gasteiger partial charge in [0.25, 0.3) is 11.8 Å². The zero-order valence-corrected chi connectivity index (χ0v) is 16.9. The van der Waals surface area contributed by atoms with E-state index in [1.165, 1.54) is 30.3 Å². The van der Waals surface area contributed by atoms with Crippen LogP contribution in [0.3, 0.4) is 0 Å². The van der Waals surface area contributed by atoms with Crippen LogP contribution in [0.5, 0.6) is 5.88 Å². The molecule has 3 rings (SSSR count). The molecule has 0 saturated carbocycles. The topological polar surface area (TPSA) is 105 Å². The van der Waals surface area contributed by atoms with Crippen LogP contribution in [0.1, 0.15) is 37.5 Å². The molecular formula is C20H20F4N4O4. The number of pyridine rings is 2. The number of halogens is 4. The van der Waals surface area contributed by atoms with E-state index >= 15 is 0 Å². The van der Waals surface area contributed by atoms with Gasteiger partial charge in [-0.1, -0.05) is 0 Å². The predicted molar refractivity (Wildman–Crippen MR) is 103 cm³/mol. The number of rotatable bonds is 9. The molecule has 0 fully saturated rings. The Morgan fingerprint density at radius 1 is 1.38 bits per heavy atom. The Hall–Kier alpha value is -3.28. The molecule has 2 aromatic rings. The van der Waals surface area contributed by atoms with Gasteiger partial charge in [0, 0.05) is 48.7 Å². The Balaban J connectivity index is 1.71. The number of hydrogen-bond donors (Lipinski definition) is 2. The van der Waals surface area contributed by atoms with Gasteiger partial charge in [0.05, 0.1) is 6.61 Å². The lowest BCUT2D eigenvalue weighted by atomic mass is 10.1. The number of nitrogens with zero attached hydrogens (tertiary/aromatic N) is 3. The van der Waals surface area contributed by atoms with Crippen molar-refractivity contribution < 1.29 is 37.0 Å². The smallest absolute Gasteiger partial charge is 0.340 e. The summed E-state index contributed by atoms with van der Waals surface area (Å²) in [7, 11) is 0. The zero-order chi connectivity index (χ0) is 23.5. The quantitative estimate of drug-likeness (QED) is 0.559. The lowest BCUT2D eigenvalue weighted by Gasteiger charge is -2.18. The van der Waals surface area contributed by atoms with Gasteiger partial charge in [-0.2, -0.15) is 8.78 Å². The van der Waals surface area contributed by atoms with E-state index in [1.807, 2.05) is 0 Å². The van der Waals surface area contributed by atoms with E-state index in [0.717, 1.165) is 0 Å². The van der Waals surface area contributed by atoms with E-state index in [-0.39, 0.29) is 43.7 Å². The van der Waals surface area contributed by atoms with Crippen LogP contribution in [0.4, 0.5) is 17.6 Å². The highest BCUT2D eigenvalue weighted by Crippen LogP contribution is 2.28. The molecule has 8 nitrogen and oxygen atoms in total. The molecule has 3 heterocycles. The van der Waals surface area contributed by atoms with Crippen molar-refractivity contribution in [2.24, 2.45) is 0 Å². The molecule has 0 aromatic carbocycles. The lowest BCUT2D eigenvalue weighted by Crippen LogP contribution is -2.34. The molecule has 172 valence electrons. The van der Waals surface area contributed by atoms with Crippen molar-refractivity contribution in [2.45, 2.75) is 32.4 Å². The van der Waals surface area contributed by atoms with Crippen LogP contribution in [0, 0.1) is 6.92 Å². The van der Waals surface area contributed by atoms with E-state index in [4.69, 9.17) is 9.84 Å². The van der Waals surface area contributed by atoms with E-state index in [9.17, 15) is 27.2 Å². The fraction of sp³-hybridized carbons (Fsp3) is 0.400. The van der Waals surface area contributed by atoms with Crippen LogP contribution < -0.4 is 10.1 Å². The number of aliphatic hydroxyl groups excluding tert-OH is 1. The van der Waals surface area contributed by atoms with Crippen molar-refractivity contribution in [3.05, 3.63) is 52.5 Å². The molecular weight excluding hydrogens is 436 g/mol. The third-order valence-electron chi connectivity index (χ3n) is 4.72. The average Bonchev–Trinajstić information content (AvgIpc) is 3.06. The van der Waals surface area contributed by atoms with Gasteiger partial charge in [-0.15, -0.1) is 0 Å². The molecule has 0 saturated heterocycles. The Morgan fingerprint density at radius 2 is 2.12 bits per heavy atom. The third-order valence-corrected chi connectivity index (χ3v) is 4.72. The number of aliphatic hydroxyl groups is 1. The van der Waals surface area contributed by atoms with Crippen molar-refractivity contribution in [3.8, 4) is 5.88 Å². The highest BCUT2D eigenvalue weighted by molar-refractivity contribution is 6.03. The molecule has 0 aliphatic carbocycles. The van der Waals surface area contributed by atoms with Crippen LogP contribution >= 0.6 is 0 Å². The number of aromatic nitrogens is 2. The summed E-state index contributed by atoms with van der Waals surface area (Å²) >= 11 is 0. The SMILES string of the molecule is Cc1cc(CN2Cc3c(ccnc3C(=O)NCCO)C2=O)cnc1OCC(F)(F)C(F)F. The van der Waals surface area contributed by atoms with E-state index in [2.05, 4.69) is 15.3 Å². The molecule has 0 spiro atoms. The lowest BCUT2D eigenvalue weighted by molar-refractivity contribution is -0.148. The monoisotopic (exact) mass is 456 g/mol. The fourth-order valence-electron chi connectivity index (χ4n) is 3.17. The van der Waals surface area contributed by atoms with Gasteiger partial charge in [0.2, 0.25) is 5.88 Å². The standard InChI is InChI=1S/C20H20F4N4O4/c1-11-6-12(7-27-17(11)32-10-20(23,24)19(21)22)8-28-9-14-13(18(28)31)2-3-25-15(14)16(30)26-4-5-29/h2-3,6-7,19,29H,4-5,8-10H2,1H3,(H,26,30). The fourth-order valence-corrected chi connectivity index (χ4v) is 3.17. The van der Waals surface area contributed by atoms with Gasteiger partial charge in [-0.25, -0.2) is 13.8 Å². The summed E-state index contributed by atoms with van der Waals surface area (Å²) < 4.78 is 55.4. The minimum atomic E-state index is -4.30. The first-order valence-corrected chi connectivity index (χ1v) is 9.54. The Morgan fingerprint density at radius 3 is 2.78 bits per heavy atom. The Bertz CT molecular complexity index is 1020. The summed E-state index contributed by atoms with van der Waals surface area (Å²) in [6.45, 7) is 0.0305. The first kappa shape index (κ1) is 23.4. The largest absolute Gasteiger partial charge is 0.471 e. The molecule has 0 atom stereocenters. The summed E-state index contributed by atoms with van der Waals surface area (Å²) in [5, 5.41) is 11.4. The van der Waals surface area contributed by atoms with Crippen LogP contribution in [0.15, 0.2) is 24.5 Å². The zero-order valence-electron chi connectivity index (χ0n) is 16.9. The highest BCUT2D eigenvalue weighted by atomic mass is 19.3. The molecule has 12 heteroatoms. The van der Waals surface area contributed by atoms with Crippen LogP contribution in [0.2, 0.25) is 0 Å². The van der Waals surface area contributed by atoms with Crippen molar-refractivity contribution in [1.82, 2.24) is 20.2 Å². The van der Waals surface area contributed by atoms with Gasteiger partial charge in [0.15, 0.2) is 6.61 Å². The van der Waals surface area contributed by atoms with Gasteiger partial charge in [-0.05, 0) is 24.6 Å². The number of carbonyl (C=O) groups is 2. The third kappa shape index (κ3) is 4.96. The molecule has 0 unspecified atom stereocenters. The first-order valence-electron chi connectivity index (χ1n) is 9.54. The normalized spacial score (nSPS) is 13.5. The summed E-state index contributed by atoms with van der Waals surface area (Å²) in [6.07, 6.45) is -1.21. The summed E-state index contributed by atoms with van der Waals surface area (Å²) in [4.78, 5) is 34.4. The molecule has 2 N–H and O–H groups in total. The number of amides is 2. The maximum atomic E-state index is 13.1. The second-order valence-corrected chi connectivity index (χ2v) is 7.14. The average molecular weight is 456 g/mol. The molecule has 2 aromatic heterocycles. The number of fused-ring (bicyclic) bond motifs is 1. The summed E-state index contributed by atoms with van der Waals surface area (Å²) in [5.74, 6) is -5.34. The van der Waals surface area contributed by atoms with E-state index in [1.54, 1.807) is 6.07 Å². The number of ether oxygens (including phenoxy) is 1. The van der Waals surface area contributed by atoms with Gasteiger partial charge in [-0.3, -0.25) is 14.6 Å². The minimum absolute atomic E-state index is 0.0461. The predicted octanol–water partition coefficient (Wildman–Crippen LogP) is 1.94. The van der Waals surface area contributed by atoms with Gasteiger partial charge >= 0.3 is 12.3 Å². The van der Waals surface area contributed by atoms with Crippen LogP contribution in [-0.2, 0) is 13.1 Å². The second-order valence-electron chi connectivity index (χ2n) is 7.14. The number of nitrogens with one attached hydrogen (secondary N) is 1. The number of hydrogen-bond acceptors (Lipinski definition) is 6. The maximum Gasteiger partial charge on any atom is 0.340 e. The molecule has 1 aliphatic rings. The molecule has 1 aliphatic heterocycles. The van der Waals surface area contributed by atoms with Gasteiger partial charge in [0.1, 0.15) is 5.69 Å². The second kappa shape index (κ2) is 9.47. The Kier molecular flexibility index (Phi) is 6.92. The summed E-state index contributed by atoms with van der Waals surface area (Å²) in [6, 6.07) is 3.05. The number of carbonyl (C=O) groups excluding carboxylic acids is 2. The van der Waals surface area contributed by atoms with E-state index in [0.29, 0.717) is 22.3 Å². The molecule has 0 radical (unpaired) electrons. The maximum absolute atomic E-state index is 13.1. The Labute approximate surface area is 180 Å². The molecule has 2 amide bonds. The number of aryl methyl sites for hydroxylation is 1. The first-order chi connectivity index (χ1) is 15.1. The minimum Gasteiger partial charge on any atom is -0.471 e. The van der Waals surface area contributed by atoms with Crippen molar-refractivity contribution in [1.29, 1.82) is 0 Å².